The van der Waals surface area contributed by atoms with E-state index in [0.717, 1.165) is 17.1 Å². The molecular formula is C15H12N4O. The minimum absolute atomic E-state index is 0.0696. The molecule has 0 fully saturated rings. The maximum atomic E-state index is 11.9. The number of fused-ring (bicyclic) bond motifs is 2. The Bertz CT molecular complexity index is 733. The molecule has 1 aliphatic rings. The molecule has 2 aromatic rings. The van der Waals surface area contributed by atoms with Crippen molar-refractivity contribution < 1.29 is 4.79 Å². The number of nitriles is 1. The van der Waals surface area contributed by atoms with Crippen LogP contribution in [0.15, 0.2) is 36.5 Å². The predicted molar refractivity (Wildman–Crippen MR) is 75.5 cm³/mol. The van der Waals surface area contributed by atoms with Gasteiger partial charge in [-0.25, -0.2) is 4.98 Å². The highest BCUT2D eigenvalue weighted by molar-refractivity contribution is 5.97. The molecule has 0 radical (unpaired) electrons. The van der Waals surface area contributed by atoms with Crippen molar-refractivity contribution in [1.82, 2.24) is 4.98 Å². The Morgan fingerprint density at radius 3 is 3.05 bits per heavy atom. The number of nitrogens with one attached hydrogen (secondary N) is 1. The summed E-state index contributed by atoms with van der Waals surface area (Å²) >= 11 is 0. The lowest BCUT2D eigenvalue weighted by Gasteiger charge is -2.21. The van der Waals surface area contributed by atoms with Crippen LogP contribution in [0.25, 0.3) is 0 Å². The molecule has 1 aliphatic heterocycles. The zero-order chi connectivity index (χ0) is 14.1. The van der Waals surface area contributed by atoms with Crippen LogP contribution in [0.3, 0.4) is 0 Å². The van der Waals surface area contributed by atoms with E-state index in [0.29, 0.717) is 17.8 Å². The van der Waals surface area contributed by atoms with E-state index in [1.807, 2.05) is 12.1 Å². The Kier molecular flexibility index (Phi) is 2.84. The first-order chi connectivity index (χ1) is 9.69. The standard InChI is InChI=1S/C15H12N4O/c1-10(20)19-9-12-3-2-6-17-15(12)18-13-5-4-11(8-16)7-14(13)19/h2-7H,9H2,1H3,(H,17,18). The molecule has 0 bridgehead atoms. The summed E-state index contributed by atoms with van der Waals surface area (Å²) < 4.78 is 0. The second-order valence-electron chi connectivity index (χ2n) is 4.59. The Morgan fingerprint density at radius 1 is 1.45 bits per heavy atom. The molecule has 0 spiro atoms. The topological polar surface area (TPSA) is 69.0 Å². The van der Waals surface area contributed by atoms with Crippen LogP contribution in [-0.4, -0.2) is 10.9 Å². The second kappa shape index (κ2) is 4.67. The fourth-order valence-corrected chi connectivity index (χ4v) is 2.27. The number of carbonyl (C=O) groups excluding carboxylic acids is 1. The molecule has 98 valence electrons. The van der Waals surface area contributed by atoms with E-state index in [-0.39, 0.29) is 5.91 Å². The van der Waals surface area contributed by atoms with Crippen molar-refractivity contribution in [1.29, 1.82) is 5.26 Å². The monoisotopic (exact) mass is 264 g/mol. The van der Waals surface area contributed by atoms with Crippen molar-refractivity contribution in [2.45, 2.75) is 13.5 Å². The molecule has 0 unspecified atom stereocenters. The van der Waals surface area contributed by atoms with E-state index >= 15 is 0 Å². The maximum absolute atomic E-state index is 11.9. The van der Waals surface area contributed by atoms with Crippen LogP contribution in [0.5, 0.6) is 0 Å². The van der Waals surface area contributed by atoms with Crippen molar-refractivity contribution in [2.75, 3.05) is 10.2 Å². The van der Waals surface area contributed by atoms with Gasteiger partial charge in [-0.2, -0.15) is 5.26 Å². The Hall–Kier alpha value is -2.87. The molecule has 2 heterocycles. The van der Waals surface area contributed by atoms with Gasteiger partial charge in [0.15, 0.2) is 0 Å². The van der Waals surface area contributed by atoms with E-state index in [9.17, 15) is 4.79 Å². The summed E-state index contributed by atoms with van der Waals surface area (Å²) in [5.41, 5.74) is 2.94. The van der Waals surface area contributed by atoms with Crippen molar-refractivity contribution in [2.24, 2.45) is 0 Å². The molecule has 5 heteroatoms. The normalized spacial score (nSPS) is 12.5. The molecule has 1 amide bonds. The first-order valence-corrected chi connectivity index (χ1v) is 6.22. The van der Waals surface area contributed by atoms with Gasteiger partial charge in [-0.15, -0.1) is 0 Å². The summed E-state index contributed by atoms with van der Waals surface area (Å²) in [5, 5.41) is 12.2. The first kappa shape index (κ1) is 12.2. The van der Waals surface area contributed by atoms with Crippen LogP contribution in [0.2, 0.25) is 0 Å². The molecule has 5 nitrogen and oxygen atoms in total. The number of aromatic nitrogens is 1. The number of hydrogen-bond acceptors (Lipinski definition) is 4. The number of amides is 1. The Morgan fingerprint density at radius 2 is 2.30 bits per heavy atom. The van der Waals surface area contributed by atoms with Gasteiger partial charge >= 0.3 is 0 Å². The highest BCUT2D eigenvalue weighted by atomic mass is 16.2. The minimum atomic E-state index is -0.0696. The summed E-state index contributed by atoms with van der Waals surface area (Å²) in [6.07, 6.45) is 1.71. The third-order valence-corrected chi connectivity index (χ3v) is 3.27. The first-order valence-electron chi connectivity index (χ1n) is 6.22. The van der Waals surface area contributed by atoms with Crippen LogP contribution in [-0.2, 0) is 11.3 Å². The van der Waals surface area contributed by atoms with Gasteiger partial charge < -0.3 is 10.2 Å². The van der Waals surface area contributed by atoms with Crippen molar-refractivity contribution in [3.8, 4) is 6.07 Å². The van der Waals surface area contributed by atoms with Crippen LogP contribution in [0, 0.1) is 11.3 Å². The molecule has 0 aliphatic carbocycles. The third kappa shape index (κ3) is 1.97. The highest BCUT2D eigenvalue weighted by Gasteiger charge is 2.22. The molecular weight excluding hydrogens is 252 g/mol. The number of nitrogens with zero attached hydrogens (tertiary/aromatic N) is 3. The van der Waals surface area contributed by atoms with Crippen molar-refractivity contribution in [3.63, 3.8) is 0 Å². The average Bonchev–Trinajstić information content (AvgIpc) is 2.62. The number of carbonyl (C=O) groups is 1. The van der Waals surface area contributed by atoms with E-state index in [1.54, 1.807) is 29.3 Å². The lowest BCUT2D eigenvalue weighted by atomic mass is 10.1. The molecule has 1 N–H and O–H groups in total. The van der Waals surface area contributed by atoms with Crippen LogP contribution in [0.1, 0.15) is 18.1 Å². The highest BCUT2D eigenvalue weighted by Crippen LogP contribution is 2.35. The maximum Gasteiger partial charge on any atom is 0.224 e. The molecule has 3 rings (SSSR count). The fraction of sp³-hybridized carbons (Fsp3) is 0.133. The number of pyridine rings is 1. The summed E-state index contributed by atoms with van der Waals surface area (Å²) in [6.45, 7) is 1.96. The van der Waals surface area contributed by atoms with Gasteiger partial charge in [0.1, 0.15) is 5.82 Å². The largest absolute Gasteiger partial charge is 0.338 e. The minimum Gasteiger partial charge on any atom is -0.338 e. The zero-order valence-electron chi connectivity index (χ0n) is 10.9. The summed E-state index contributed by atoms with van der Waals surface area (Å²) in [5.74, 6) is 0.669. The van der Waals surface area contributed by atoms with E-state index < -0.39 is 0 Å². The molecule has 20 heavy (non-hydrogen) atoms. The molecule has 1 aromatic heterocycles. The lowest BCUT2D eigenvalue weighted by Crippen LogP contribution is -2.27. The molecule has 0 saturated heterocycles. The van der Waals surface area contributed by atoms with Gasteiger partial charge in [0.25, 0.3) is 0 Å². The van der Waals surface area contributed by atoms with Gasteiger partial charge in [-0.05, 0) is 24.3 Å². The molecule has 0 saturated carbocycles. The van der Waals surface area contributed by atoms with Crippen molar-refractivity contribution >= 4 is 23.1 Å². The van der Waals surface area contributed by atoms with Crippen LogP contribution in [0.4, 0.5) is 17.2 Å². The summed E-state index contributed by atoms with van der Waals surface area (Å²) in [7, 11) is 0. The average molecular weight is 264 g/mol. The van der Waals surface area contributed by atoms with E-state index in [2.05, 4.69) is 16.4 Å². The number of anilines is 3. The fourth-order valence-electron chi connectivity index (χ4n) is 2.27. The third-order valence-electron chi connectivity index (χ3n) is 3.27. The predicted octanol–water partition coefficient (Wildman–Crippen LogP) is 2.56. The SMILES string of the molecule is CC(=O)N1Cc2cccnc2Nc2ccc(C#N)cc21. The molecule has 1 aromatic carbocycles. The summed E-state index contributed by atoms with van der Waals surface area (Å²) in [6, 6.07) is 11.1. The smallest absolute Gasteiger partial charge is 0.224 e. The van der Waals surface area contributed by atoms with Crippen LogP contribution < -0.4 is 10.2 Å². The summed E-state index contributed by atoms with van der Waals surface area (Å²) in [4.78, 5) is 17.9. The van der Waals surface area contributed by atoms with Gasteiger partial charge in [0.2, 0.25) is 5.91 Å². The molecule has 0 atom stereocenters. The van der Waals surface area contributed by atoms with E-state index in [1.165, 1.54) is 6.92 Å². The number of benzene rings is 1. The van der Waals surface area contributed by atoms with Gasteiger partial charge in [-0.1, -0.05) is 6.07 Å². The number of hydrogen-bond donors (Lipinski definition) is 1. The Balaban J connectivity index is 2.19. The zero-order valence-corrected chi connectivity index (χ0v) is 10.9. The van der Waals surface area contributed by atoms with Gasteiger partial charge in [0.05, 0.1) is 29.6 Å². The van der Waals surface area contributed by atoms with Gasteiger partial charge in [-0.3, -0.25) is 4.79 Å². The van der Waals surface area contributed by atoms with Crippen molar-refractivity contribution in [3.05, 3.63) is 47.7 Å². The Labute approximate surface area is 116 Å². The quantitative estimate of drug-likeness (QED) is 0.794. The van der Waals surface area contributed by atoms with E-state index in [4.69, 9.17) is 5.26 Å². The number of rotatable bonds is 0. The second-order valence-corrected chi connectivity index (χ2v) is 4.59. The lowest BCUT2D eigenvalue weighted by molar-refractivity contribution is -0.116. The van der Waals surface area contributed by atoms with Crippen LogP contribution >= 0.6 is 0 Å². The van der Waals surface area contributed by atoms with Gasteiger partial charge in [0, 0.05) is 18.7 Å².